The summed E-state index contributed by atoms with van der Waals surface area (Å²) in [6.07, 6.45) is 1.87. The zero-order chi connectivity index (χ0) is 34.9. The molecular weight excluding hydrogens is 630 g/mol. The first-order chi connectivity index (χ1) is 22.6. The fourth-order valence-electron chi connectivity index (χ4n) is 6.44. The number of amides is 1. The molecule has 256 valence electrons. The average Bonchev–Trinajstić information content (AvgIpc) is 3.43. The molecule has 5 rings (SSSR count). The molecule has 9 nitrogen and oxygen atoms in total. The van der Waals surface area contributed by atoms with Gasteiger partial charge in [0.05, 0.1) is 18.0 Å². The van der Waals surface area contributed by atoms with Gasteiger partial charge in [-0.3, -0.25) is 14.4 Å². The molecule has 2 atom stereocenters. The number of benzene rings is 1. The van der Waals surface area contributed by atoms with Crippen LogP contribution in [0.4, 0.5) is 17.6 Å². The molecule has 1 aliphatic rings. The zero-order valence-corrected chi connectivity index (χ0v) is 27.3. The van der Waals surface area contributed by atoms with E-state index in [-0.39, 0.29) is 24.3 Å². The molecule has 3 aromatic heterocycles. The van der Waals surface area contributed by atoms with Crippen molar-refractivity contribution in [1.29, 1.82) is 0 Å². The lowest BCUT2D eigenvalue weighted by molar-refractivity contribution is -0.139. The van der Waals surface area contributed by atoms with E-state index in [1.807, 2.05) is 18.7 Å². The quantitative estimate of drug-likeness (QED) is 0.177. The lowest BCUT2D eigenvalue weighted by atomic mass is 9.93. The first kappa shape index (κ1) is 34.8. The van der Waals surface area contributed by atoms with Crippen molar-refractivity contribution in [2.45, 2.75) is 71.6 Å². The molecule has 0 bridgehead atoms. The maximum atomic E-state index is 14.2. The van der Waals surface area contributed by atoms with Gasteiger partial charge in [0.15, 0.2) is 0 Å². The third-order valence-electron chi connectivity index (χ3n) is 8.82. The number of carbonyl (C=O) groups is 2. The summed E-state index contributed by atoms with van der Waals surface area (Å²) in [5, 5.41) is 12.7. The Hall–Kier alpha value is -4.52. The number of aliphatic carboxylic acids is 1. The van der Waals surface area contributed by atoms with E-state index in [0.29, 0.717) is 46.1 Å². The minimum Gasteiger partial charge on any atom is -0.481 e. The normalized spacial score (nSPS) is 15.0. The van der Waals surface area contributed by atoms with Crippen molar-refractivity contribution in [1.82, 2.24) is 24.2 Å². The monoisotopic (exact) mass is 669 g/mol. The van der Waals surface area contributed by atoms with Crippen molar-refractivity contribution in [3.63, 3.8) is 0 Å². The first-order valence-electron chi connectivity index (χ1n) is 15.9. The average molecular weight is 670 g/mol. The van der Waals surface area contributed by atoms with E-state index in [1.54, 1.807) is 42.9 Å². The number of halogens is 4. The Bertz CT molecular complexity index is 1870. The number of rotatable bonds is 12. The van der Waals surface area contributed by atoms with Crippen molar-refractivity contribution in [3.8, 4) is 11.1 Å². The van der Waals surface area contributed by atoms with Gasteiger partial charge in [0, 0.05) is 43.0 Å². The lowest BCUT2D eigenvalue weighted by Crippen LogP contribution is -2.41. The Balaban J connectivity index is 1.56. The highest BCUT2D eigenvalue weighted by Crippen LogP contribution is 2.35. The fraction of sp³-hybridized carbons (Fsp3) is 0.429. The van der Waals surface area contributed by atoms with Crippen LogP contribution in [0.5, 0.6) is 0 Å². The van der Waals surface area contributed by atoms with Crippen LogP contribution in [0.3, 0.4) is 0 Å². The molecule has 0 aliphatic carbocycles. The summed E-state index contributed by atoms with van der Waals surface area (Å²) in [7, 11) is 0. The van der Waals surface area contributed by atoms with Crippen molar-refractivity contribution < 1.29 is 32.3 Å². The van der Waals surface area contributed by atoms with E-state index in [4.69, 9.17) is 0 Å². The number of carbonyl (C=O) groups excluding carboxylic acids is 1. The molecule has 1 fully saturated rings. The summed E-state index contributed by atoms with van der Waals surface area (Å²) in [5.41, 5.74) is 1.44. The summed E-state index contributed by atoms with van der Waals surface area (Å²) in [5.74, 6) is -2.46. The van der Waals surface area contributed by atoms with Crippen molar-refractivity contribution in [2.75, 3.05) is 19.6 Å². The molecule has 0 spiro atoms. The summed E-state index contributed by atoms with van der Waals surface area (Å²) in [6.45, 7) is 9.11. The molecule has 48 heavy (non-hydrogen) atoms. The molecule has 1 amide bonds. The molecule has 0 radical (unpaired) electrons. The lowest BCUT2D eigenvalue weighted by Gasteiger charge is -2.31. The summed E-state index contributed by atoms with van der Waals surface area (Å²) in [6, 6.07) is 2.73. The third-order valence-corrected chi connectivity index (χ3v) is 8.82. The number of aryl methyl sites for hydroxylation is 2. The summed E-state index contributed by atoms with van der Waals surface area (Å²) in [4.78, 5) is 45.9. The molecule has 2 N–H and O–H groups in total. The Morgan fingerprint density at radius 2 is 1.75 bits per heavy atom. The second-order valence-electron chi connectivity index (χ2n) is 13.0. The maximum absolute atomic E-state index is 14.2. The standard InChI is InChI=1S/C35H39F4N5O4/c1-20(2)12-29(44-19-23(6-10-42-8-5-9-42)27(16-30(44)45)35(37,38)39)34(48)41-28(17-31(46)47)24-15-26(33-40-7-11-43(33)18-24)32-21(3)13-25(36)14-22(32)4/h7,11,13-16,18-20,28-29H,5-6,8-10,12,17H2,1-4H3,(H,41,48)(H,46,47)/t28-,29-/m1/s1. The largest absolute Gasteiger partial charge is 0.481 e. The second-order valence-corrected chi connectivity index (χ2v) is 13.0. The highest BCUT2D eigenvalue weighted by molar-refractivity contribution is 5.84. The molecule has 4 aromatic rings. The number of likely N-dealkylation sites (tertiary alicyclic amines) is 1. The number of pyridine rings is 2. The SMILES string of the molecule is Cc1cc(F)cc(C)c1-c1cc([C@@H](CC(=O)O)NC(=O)[C@@H](CC(C)C)n2cc(CCN3CCC3)c(C(F)(F)F)cc2=O)cn2ccnc12. The van der Waals surface area contributed by atoms with E-state index in [9.17, 15) is 37.1 Å². The molecule has 0 saturated carbocycles. The number of hydrogen-bond donors (Lipinski definition) is 2. The van der Waals surface area contributed by atoms with Gasteiger partial charge >= 0.3 is 12.1 Å². The number of hydrogen-bond acceptors (Lipinski definition) is 5. The Labute approximate surface area is 275 Å². The minimum atomic E-state index is -4.75. The molecule has 4 heterocycles. The minimum absolute atomic E-state index is 0.0443. The number of aromatic nitrogens is 3. The molecule has 1 saturated heterocycles. The van der Waals surface area contributed by atoms with E-state index in [2.05, 4.69) is 10.3 Å². The van der Waals surface area contributed by atoms with Crippen LogP contribution in [0.25, 0.3) is 16.8 Å². The van der Waals surface area contributed by atoms with Gasteiger partial charge < -0.3 is 24.3 Å². The Morgan fingerprint density at radius 3 is 2.33 bits per heavy atom. The smallest absolute Gasteiger partial charge is 0.416 e. The van der Waals surface area contributed by atoms with Crippen LogP contribution in [0.15, 0.2) is 53.8 Å². The van der Waals surface area contributed by atoms with Gasteiger partial charge in [0.25, 0.3) is 5.56 Å². The van der Waals surface area contributed by atoms with Crippen molar-refractivity contribution in [2.24, 2.45) is 5.92 Å². The van der Waals surface area contributed by atoms with Gasteiger partial charge in [0.1, 0.15) is 17.5 Å². The number of imidazole rings is 1. The van der Waals surface area contributed by atoms with Gasteiger partial charge in [-0.05, 0) is 98.1 Å². The highest BCUT2D eigenvalue weighted by atomic mass is 19.4. The third kappa shape index (κ3) is 7.61. The number of nitrogens with one attached hydrogen (secondary N) is 1. The number of carboxylic acids is 1. The van der Waals surface area contributed by atoms with E-state index < -0.39 is 53.5 Å². The van der Waals surface area contributed by atoms with E-state index in [1.165, 1.54) is 12.1 Å². The van der Waals surface area contributed by atoms with Gasteiger partial charge in [-0.1, -0.05) is 13.8 Å². The van der Waals surface area contributed by atoms with Gasteiger partial charge in [-0.25, -0.2) is 9.37 Å². The Morgan fingerprint density at radius 1 is 1.06 bits per heavy atom. The van der Waals surface area contributed by atoms with Crippen LogP contribution in [-0.2, 0) is 22.2 Å². The van der Waals surface area contributed by atoms with Gasteiger partial charge in [-0.15, -0.1) is 0 Å². The predicted octanol–water partition coefficient (Wildman–Crippen LogP) is 6.11. The van der Waals surface area contributed by atoms with Crippen LogP contribution in [0.2, 0.25) is 0 Å². The number of alkyl halides is 3. The highest BCUT2D eigenvalue weighted by Gasteiger charge is 2.36. The summed E-state index contributed by atoms with van der Waals surface area (Å²) >= 11 is 0. The van der Waals surface area contributed by atoms with Crippen LogP contribution >= 0.6 is 0 Å². The first-order valence-corrected chi connectivity index (χ1v) is 15.9. The van der Waals surface area contributed by atoms with Gasteiger partial charge in [0.2, 0.25) is 5.91 Å². The number of carboxylic acid groups (broad SMARTS) is 1. The zero-order valence-electron chi connectivity index (χ0n) is 27.3. The Kier molecular flexibility index (Phi) is 10.1. The maximum Gasteiger partial charge on any atom is 0.416 e. The van der Waals surface area contributed by atoms with E-state index in [0.717, 1.165) is 30.3 Å². The van der Waals surface area contributed by atoms with E-state index >= 15 is 0 Å². The molecular formula is C35H39F4N5O4. The molecule has 1 aromatic carbocycles. The topological polar surface area (TPSA) is 109 Å². The fourth-order valence-corrected chi connectivity index (χ4v) is 6.44. The van der Waals surface area contributed by atoms with Crippen LogP contribution < -0.4 is 10.9 Å². The molecule has 0 unspecified atom stereocenters. The van der Waals surface area contributed by atoms with Crippen LogP contribution in [0, 0.1) is 25.6 Å². The van der Waals surface area contributed by atoms with Gasteiger partial charge in [-0.2, -0.15) is 13.2 Å². The number of nitrogens with zero attached hydrogens (tertiary/aromatic N) is 4. The predicted molar refractivity (Wildman–Crippen MR) is 172 cm³/mol. The molecule has 13 heteroatoms. The van der Waals surface area contributed by atoms with Crippen molar-refractivity contribution in [3.05, 3.63) is 93.0 Å². The van der Waals surface area contributed by atoms with Crippen LogP contribution in [-0.4, -0.2) is 55.5 Å². The molecule has 1 aliphatic heterocycles. The second kappa shape index (κ2) is 13.9. The van der Waals surface area contributed by atoms with Crippen molar-refractivity contribution >= 4 is 17.5 Å². The van der Waals surface area contributed by atoms with Crippen LogP contribution in [0.1, 0.15) is 73.0 Å². The summed E-state index contributed by atoms with van der Waals surface area (Å²) < 4.78 is 59.0. The number of fused-ring (bicyclic) bond motifs is 1.